The summed E-state index contributed by atoms with van der Waals surface area (Å²) in [6.45, 7) is 5.47. The van der Waals surface area contributed by atoms with E-state index in [2.05, 4.69) is 5.43 Å². The highest BCUT2D eigenvalue weighted by atomic mass is 16.5. The lowest BCUT2D eigenvalue weighted by molar-refractivity contribution is -0.142. The normalized spacial score (nSPS) is 18.4. The van der Waals surface area contributed by atoms with Crippen LogP contribution in [0.3, 0.4) is 0 Å². The van der Waals surface area contributed by atoms with Crippen LogP contribution in [0.1, 0.15) is 41.8 Å². The number of hydrazine groups is 1. The van der Waals surface area contributed by atoms with Crippen LogP contribution in [-0.4, -0.2) is 29.9 Å². The van der Waals surface area contributed by atoms with Gasteiger partial charge in [-0.25, -0.2) is 5.01 Å². The molecule has 1 aromatic rings. The molecule has 0 aliphatic carbocycles. The molecule has 0 bridgehead atoms. The molecule has 1 aliphatic rings. The van der Waals surface area contributed by atoms with Crippen LogP contribution in [-0.2, 0) is 16.1 Å². The maximum Gasteiger partial charge on any atom is 0.302 e. The van der Waals surface area contributed by atoms with E-state index in [1.807, 2.05) is 38.0 Å². The first-order chi connectivity index (χ1) is 9.45. The molecule has 2 rings (SSSR count). The zero-order valence-corrected chi connectivity index (χ0v) is 12.3. The molecule has 0 amide bonds. The molecule has 0 fully saturated rings. The predicted octanol–water partition coefficient (Wildman–Crippen LogP) is 2.29. The molecule has 0 aromatic heterocycles. The van der Waals surface area contributed by atoms with Gasteiger partial charge in [-0.05, 0) is 30.5 Å². The van der Waals surface area contributed by atoms with Crippen molar-refractivity contribution in [3.63, 3.8) is 0 Å². The van der Waals surface area contributed by atoms with Crippen molar-refractivity contribution in [3.8, 4) is 0 Å². The quantitative estimate of drug-likeness (QED) is 0.858. The first-order valence-electron chi connectivity index (χ1n) is 6.75. The highest BCUT2D eigenvalue weighted by Gasteiger charge is 2.31. The van der Waals surface area contributed by atoms with E-state index in [1.54, 1.807) is 0 Å². The number of ether oxygens (including phenoxy) is 1. The van der Waals surface area contributed by atoms with Gasteiger partial charge in [-0.1, -0.05) is 13.0 Å². The summed E-state index contributed by atoms with van der Waals surface area (Å²) in [6, 6.07) is 3.59. The van der Waals surface area contributed by atoms with E-state index in [0.29, 0.717) is 5.56 Å². The molecular formula is C15H20N2O3. The van der Waals surface area contributed by atoms with Crippen molar-refractivity contribution in [3.05, 3.63) is 28.8 Å². The number of rotatable bonds is 3. The van der Waals surface area contributed by atoms with Gasteiger partial charge in [0.15, 0.2) is 5.78 Å². The first-order valence-corrected chi connectivity index (χ1v) is 6.75. The minimum absolute atomic E-state index is 0.117. The number of benzene rings is 1. The maximum atomic E-state index is 12.6. The zero-order chi connectivity index (χ0) is 14.9. The Bertz CT molecular complexity index is 554. The van der Waals surface area contributed by atoms with Gasteiger partial charge in [-0.2, -0.15) is 0 Å². The number of anilines is 1. The lowest BCUT2D eigenvalue weighted by atomic mass is 9.91. The Morgan fingerprint density at radius 3 is 2.75 bits per heavy atom. The third kappa shape index (κ3) is 2.54. The van der Waals surface area contributed by atoms with Crippen molar-refractivity contribution in [1.29, 1.82) is 0 Å². The van der Waals surface area contributed by atoms with Crippen LogP contribution in [0.15, 0.2) is 12.1 Å². The van der Waals surface area contributed by atoms with Gasteiger partial charge in [-0.15, -0.1) is 0 Å². The molecule has 1 aromatic carbocycles. The van der Waals surface area contributed by atoms with Crippen molar-refractivity contribution < 1.29 is 14.3 Å². The molecule has 1 heterocycles. The largest absolute Gasteiger partial charge is 0.461 e. The number of ketones is 1. The fraction of sp³-hybridized carbons (Fsp3) is 0.467. The van der Waals surface area contributed by atoms with E-state index in [-0.39, 0.29) is 24.4 Å². The smallest absolute Gasteiger partial charge is 0.302 e. The number of nitrogens with one attached hydrogen (secondary N) is 1. The van der Waals surface area contributed by atoms with Gasteiger partial charge in [0.1, 0.15) is 6.61 Å². The van der Waals surface area contributed by atoms with E-state index in [0.717, 1.165) is 23.2 Å². The number of carbonyl (C=O) groups is 2. The summed E-state index contributed by atoms with van der Waals surface area (Å²) in [5.74, 6) is -0.205. The van der Waals surface area contributed by atoms with Crippen molar-refractivity contribution in [2.75, 3.05) is 12.5 Å². The molecular weight excluding hydrogens is 256 g/mol. The summed E-state index contributed by atoms with van der Waals surface area (Å²) < 4.78 is 5.03. The van der Waals surface area contributed by atoms with E-state index in [1.165, 1.54) is 6.92 Å². The molecule has 0 radical (unpaired) electrons. The molecule has 0 saturated carbocycles. The Labute approximate surface area is 118 Å². The average Bonchev–Trinajstić information content (AvgIpc) is 2.37. The molecule has 1 aliphatic heterocycles. The molecule has 0 spiro atoms. The number of nitrogens with zero attached hydrogens (tertiary/aromatic N) is 1. The van der Waals surface area contributed by atoms with Gasteiger partial charge in [0.2, 0.25) is 0 Å². The average molecular weight is 276 g/mol. The number of likely N-dealkylation sites (N-methyl/N-ethyl adjacent to an activating group) is 1. The Balaban J connectivity index is 2.39. The van der Waals surface area contributed by atoms with Gasteiger partial charge < -0.3 is 10.2 Å². The van der Waals surface area contributed by atoms with Gasteiger partial charge in [-0.3, -0.25) is 9.59 Å². The SMILES string of the molecule is CCC1C(=O)c2c(ccc(COC(C)=O)c2C)NN1C. The second-order valence-electron chi connectivity index (χ2n) is 5.06. The number of carbonyl (C=O) groups excluding carboxylic acids is 2. The number of esters is 1. The van der Waals surface area contributed by atoms with E-state index in [9.17, 15) is 9.59 Å². The summed E-state index contributed by atoms with van der Waals surface area (Å²) in [5.41, 5.74) is 6.50. The lowest BCUT2D eigenvalue weighted by Crippen LogP contribution is -2.46. The molecule has 20 heavy (non-hydrogen) atoms. The predicted molar refractivity (Wildman–Crippen MR) is 76.4 cm³/mol. The van der Waals surface area contributed by atoms with Crippen LogP contribution in [0.4, 0.5) is 5.69 Å². The van der Waals surface area contributed by atoms with E-state index >= 15 is 0 Å². The lowest BCUT2D eigenvalue weighted by Gasteiger charge is -2.34. The van der Waals surface area contributed by atoms with Gasteiger partial charge in [0.05, 0.1) is 11.7 Å². The molecule has 108 valence electrons. The second-order valence-corrected chi connectivity index (χ2v) is 5.06. The summed E-state index contributed by atoms with van der Waals surface area (Å²) in [6.07, 6.45) is 0.745. The highest BCUT2D eigenvalue weighted by Crippen LogP contribution is 2.30. The number of Topliss-reactive ketones (excluding diaryl/α,β-unsaturated/α-hetero) is 1. The van der Waals surface area contributed by atoms with E-state index in [4.69, 9.17) is 4.74 Å². The molecule has 0 saturated heterocycles. The first kappa shape index (κ1) is 14.5. The number of hydrogen-bond donors (Lipinski definition) is 1. The molecule has 5 nitrogen and oxygen atoms in total. The maximum absolute atomic E-state index is 12.6. The Kier molecular flexibility index (Phi) is 4.09. The minimum Gasteiger partial charge on any atom is -0.461 e. The number of fused-ring (bicyclic) bond motifs is 1. The Morgan fingerprint density at radius 2 is 2.15 bits per heavy atom. The highest BCUT2D eigenvalue weighted by molar-refractivity contribution is 6.07. The van der Waals surface area contributed by atoms with Crippen LogP contribution < -0.4 is 5.43 Å². The Morgan fingerprint density at radius 1 is 1.45 bits per heavy atom. The standard InChI is InChI=1S/C15H20N2O3/c1-5-13-15(19)14-9(2)11(8-20-10(3)18)6-7-12(14)16-17(13)4/h6-7,13,16H,5,8H2,1-4H3. The summed E-state index contributed by atoms with van der Waals surface area (Å²) >= 11 is 0. The topological polar surface area (TPSA) is 58.6 Å². The third-order valence-corrected chi connectivity index (χ3v) is 3.71. The third-order valence-electron chi connectivity index (χ3n) is 3.71. The van der Waals surface area contributed by atoms with E-state index < -0.39 is 0 Å². The molecule has 5 heteroatoms. The Hall–Kier alpha value is -1.88. The monoisotopic (exact) mass is 276 g/mol. The van der Waals surface area contributed by atoms with Crippen LogP contribution in [0.5, 0.6) is 0 Å². The fourth-order valence-electron chi connectivity index (χ4n) is 2.57. The van der Waals surface area contributed by atoms with Crippen LogP contribution >= 0.6 is 0 Å². The fourth-order valence-corrected chi connectivity index (χ4v) is 2.57. The molecule has 1 unspecified atom stereocenters. The zero-order valence-electron chi connectivity index (χ0n) is 12.3. The summed E-state index contributed by atoms with van der Waals surface area (Å²) in [4.78, 5) is 23.5. The summed E-state index contributed by atoms with van der Waals surface area (Å²) in [7, 11) is 1.87. The van der Waals surface area contributed by atoms with Gasteiger partial charge in [0.25, 0.3) is 0 Å². The van der Waals surface area contributed by atoms with Crippen LogP contribution in [0.2, 0.25) is 0 Å². The number of hydrogen-bond acceptors (Lipinski definition) is 5. The van der Waals surface area contributed by atoms with Gasteiger partial charge in [0, 0.05) is 19.5 Å². The van der Waals surface area contributed by atoms with Crippen LogP contribution in [0.25, 0.3) is 0 Å². The molecule has 1 N–H and O–H groups in total. The van der Waals surface area contributed by atoms with Crippen LogP contribution in [0, 0.1) is 6.92 Å². The molecule has 1 atom stereocenters. The minimum atomic E-state index is -0.322. The van der Waals surface area contributed by atoms with Crippen molar-refractivity contribution >= 4 is 17.4 Å². The van der Waals surface area contributed by atoms with Crippen molar-refractivity contribution in [1.82, 2.24) is 5.01 Å². The summed E-state index contributed by atoms with van der Waals surface area (Å²) in [5, 5.41) is 1.84. The van der Waals surface area contributed by atoms with Gasteiger partial charge >= 0.3 is 5.97 Å². The second kappa shape index (κ2) is 5.63. The van der Waals surface area contributed by atoms with Crippen molar-refractivity contribution in [2.24, 2.45) is 0 Å². The van der Waals surface area contributed by atoms with Crippen molar-refractivity contribution in [2.45, 2.75) is 39.8 Å².